The van der Waals surface area contributed by atoms with Crippen LogP contribution in [0.4, 0.5) is 0 Å². The minimum atomic E-state index is 0.0686. The Hall–Kier alpha value is -0.850. The highest BCUT2D eigenvalue weighted by atomic mass is 16.1. The van der Waals surface area contributed by atoms with E-state index in [0.29, 0.717) is 5.92 Å². The molecule has 0 saturated heterocycles. The summed E-state index contributed by atoms with van der Waals surface area (Å²) < 4.78 is 0. The fourth-order valence-electron chi connectivity index (χ4n) is 2.58. The minimum Gasteiger partial charge on any atom is -0.294 e. The predicted octanol–water partition coefficient (Wildman–Crippen LogP) is 4.15. The lowest BCUT2D eigenvalue weighted by Crippen LogP contribution is -2.38. The van der Waals surface area contributed by atoms with Crippen molar-refractivity contribution in [2.45, 2.75) is 47.5 Å². The maximum absolute atomic E-state index is 12.2. The van der Waals surface area contributed by atoms with Crippen LogP contribution in [-0.4, -0.2) is 5.78 Å². The van der Waals surface area contributed by atoms with E-state index in [2.05, 4.69) is 40.7 Å². The van der Waals surface area contributed by atoms with Crippen molar-refractivity contribution >= 4 is 5.78 Å². The van der Waals surface area contributed by atoms with Crippen LogP contribution in [0, 0.1) is 17.3 Å². The maximum Gasteiger partial charge on any atom is 0.163 e. The first kappa shape index (κ1) is 13.2. The maximum atomic E-state index is 12.2. The third-order valence-electron chi connectivity index (χ3n) is 4.07. The molecule has 0 aliphatic heterocycles. The highest BCUT2D eigenvalue weighted by Gasteiger charge is 2.41. The van der Waals surface area contributed by atoms with E-state index in [4.69, 9.17) is 0 Å². The molecule has 0 spiro atoms. The second kappa shape index (κ2) is 4.99. The van der Waals surface area contributed by atoms with Crippen molar-refractivity contribution in [1.29, 1.82) is 0 Å². The SMILES string of the molecule is CCC=CC(=O)C1C(C)=CCC(C)C1(C)C. The second-order valence-electron chi connectivity index (χ2n) is 5.55. The topological polar surface area (TPSA) is 17.1 Å². The third-order valence-corrected chi connectivity index (χ3v) is 4.07. The molecular weight excluding hydrogens is 196 g/mol. The van der Waals surface area contributed by atoms with Gasteiger partial charge >= 0.3 is 0 Å². The molecule has 90 valence electrons. The van der Waals surface area contributed by atoms with Crippen LogP contribution < -0.4 is 0 Å². The Morgan fingerprint density at radius 2 is 2.19 bits per heavy atom. The summed E-state index contributed by atoms with van der Waals surface area (Å²) in [7, 11) is 0. The summed E-state index contributed by atoms with van der Waals surface area (Å²) in [6.07, 6.45) is 7.99. The highest BCUT2D eigenvalue weighted by Crippen LogP contribution is 2.45. The lowest BCUT2D eigenvalue weighted by molar-refractivity contribution is -0.121. The molecule has 0 heterocycles. The summed E-state index contributed by atoms with van der Waals surface area (Å²) in [5.41, 5.74) is 1.32. The monoisotopic (exact) mass is 220 g/mol. The zero-order valence-corrected chi connectivity index (χ0v) is 11.2. The molecule has 0 amide bonds. The van der Waals surface area contributed by atoms with Crippen LogP contribution >= 0.6 is 0 Å². The van der Waals surface area contributed by atoms with Gasteiger partial charge in [-0.1, -0.05) is 45.4 Å². The average molecular weight is 220 g/mol. The molecule has 0 saturated carbocycles. The number of allylic oxidation sites excluding steroid dienone is 4. The van der Waals surface area contributed by atoms with Gasteiger partial charge in [-0.05, 0) is 37.2 Å². The molecule has 1 rings (SSSR count). The number of hydrogen-bond donors (Lipinski definition) is 0. The molecule has 0 N–H and O–H groups in total. The largest absolute Gasteiger partial charge is 0.294 e. The lowest BCUT2D eigenvalue weighted by Gasteiger charge is -2.42. The summed E-state index contributed by atoms with van der Waals surface area (Å²) in [6, 6.07) is 0. The van der Waals surface area contributed by atoms with Crippen LogP contribution in [-0.2, 0) is 4.79 Å². The van der Waals surface area contributed by atoms with Crippen molar-refractivity contribution in [2.75, 3.05) is 0 Å². The van der Waals surface area contributed by atoms with Gasteiger partial charge in [0.25, 0.3) is 0 Å². The van der Waals surface area contributed by atoms with E-state index in [1.807, 2.05) is 6.08 Å². The molecule has 0 aromatic heterocycles. The van der Waals surface area contributed by atoms with Crippen molar-refractivity contribution in [3.05, 3.63) is 23.8 Å². The van der Waals surface area contributed by atoms with Crippen molar-refractivity contribution in [3.63, 3.8) is 0 Å². The molecular formula is C15H24O. The Labute approximate surface area is 99.6 Å². The van der Waals surface area contributed by atoms with Crippen molar-refractivity contribution in [3.8, 4) is 0 Å². The van der Waals surface area contributed by atoms with Gasteiger partial charge in [-0.15, -0.1) is 0 Å². The van der Waals surface area contributed by atoms with Gasteiger partial charge in [0, 0.05) is 5.92 Å². The molecule has 2 atom stereocenters. The molecule has 0 aromatic rings. The standard InChI is InChI=1S/C15H24O/c1-6-7-8-13(16)14-11(2)9-10-12(3)15(14,4)5/h7-9,12,14H,6,10H2,1-5H3. The van der Waals surface area contributed by atoms with Crippen LogP contribution in [0.3, 0.4) is 0 Å². The van der Waals surface area contributed by atoms with Crippen LogP contribution in [0.5, 0.6) is 0 Å². The van der Waals surface area contributed by atoms with Gasteiger partial charge in [0.05, 0.1) is 0 Å². The fraction of sp³-hybridized carbons (Fsp3) is 0.667. The first-order valence-electron chi connectivity index (χ1n) is 6.28. The van der Waals surface area contributed by atoms with E-state index in [9.17, 15) is 4.79 Å². The second-order valence-corrected chi connectivity index (χ2v) is 5.55. The highest BCUT2D eigenvalue weighted by molar-refractivity contribution is 5.94. The van der Waals surface area contributed by atoms with E-state index >= 15 is 0 Å². The molecule has 2 unspecified atom stereocenters. The smallest absolute Gasteiger partial charge is 0.163 e. The Bertz CT molecular complexity index is 320. The Morgan fingerprint density at radius 1 is 1.56 bits per heavy atom. The van der Waals surface area contributed by atoms with Gasteiger partial charge in [-0.3, -0.25) is 4.79 Å². The minimum absolute atomic E-state index is 0.0686. The summed E-state index contributed by atoms with van der Waals surface area (Å²) in [4.78, 5) is 12.2. The van der Waals surface area contributed by atoms with Gasteiger partial charge in [0.2, 0.25) is 0 Å². The van der Waals surface area contributed by atoms with Crippen LogP contribution in [0.25, 0.3) is 0 Å². The number of ketones is 1. The normalized spacial score (nSPS) is 29.2. The van der Waals surface area contributed by atoms with Crippen molar-refractivity contribution in [2.24, 2.45) is 17.3 Å². The van der Waals surface area contributed by atoms with Crippen LogP contribution in [0.1, 0.15) is 47.5 Å². The molecule has 1 aliphatic carbocycles. The van der Waals surface area contributed by atoms with E-state index in [1.165, 1.54) is 5.57 Å². The Balaban J connectivity index is 2.99. The molecule has 0 radical (unpaired) electrons. The lowest BCUT2D eigenvalue weighted by atomic mass is 9.61. The summed E-state index contributed by atoms with van der Waals surface area (Å²) in [6.45, 7) is 10.8. The molecule has 0 bridgehead atoms. The number of carbonyl (C=O) groups excluding carboxylic acids is 1. The zero-order valence-electron chi connectivity index (χ0n) is 11.2. The number of rotatable bonds is 3. The molecule has 1 heteroatoms. The van der Waals surface area contributed by atoms with E-state index in [0.717, 1.165) is 12.8 Å². The van der Waals surface area contributed by atoms with Crippen LogP contribution in [0.2, 0.25) is 0 Å². The predicted molar refractivity (Wildman–Crippen MR) is 69.2 cm³/mol. The summed E-state index contributed by atoms with van der Waals surface area (Å²) in [5, 5.41) is 0. The van der Waals surface area contributed by atoms with Crippen molar-refractivity contribution < 1.29 is 4.79 Å². The molecule has 0 fully saturated rings. The van der Waals surface area contributed by atoms with Gasteiger partial charge in [0.1, 0.15) is 0 Å². The molecule has 16 heavy (non-hydrogen) atoms. The van der Waals surface area contributed by atoms with Crippen LogP contribution in [0.15, 0.2) is 23.8 Å². The van der Waals surface area contributed by atoms with E-state index in [1.54, 1.807) is 6.08 Å². The Morgan fingerprint density at radius 3 is 2.75 bits per heavy atom. The summed E-state index contributed by atoms with van der Waals surface area (Å²) >= 11 is 0. The van der Waals surface area contributed by atoms with E-state index in [-0.39, 0.29) is 17.1 Å². The van der Waals surface area contributed by atoms with Gasteiger partial charge in [-0.2, -0.15) is 0 Å². The quantitative estimate of drug-likeness (QED) is 0.516. The van der Waals surface area contributed by atoms with Gasteiger partial charge in [-0.25, -0.2) is 0 Å². The molecule has 1 nitrogen and oxygen atoms in total. The first-order chi connectivity index (χ1) is 7.41. The van der Waals surface area contributed by atoms with Crippen molar-refractivity contribution in [1.82, 2.24) is 0 Å². The first-order valence-corrected chi connectivity index (χ1v) is 6.28. The molecule has 1 aliphatic rings. The molecule has 0 aromatic carbocycles. The fourth-order valence-corrected chi connectivity index (χ4v) is 2.58. The average Bonchev–Trinajstić information content (AvgIpc) is 2.21. The van der Waals surface area contributed by atoms with Gasteiger partial charge < -0.3 is 0 Å². The van der Waals surface area contributed by atoms with Gasteiger partial charge in [0.15, 0.2) is 5.78 Å². The third kappa shape index (κ3) is 2.45. The van der Waals surface area contributed by atoms with E-state index < -0.39 is 0 Å². The Kier molecular flexibility index (Phi) is 4.12. The number of hydrogen-bond acceptors (Lipinski definition) is 1. The summed E-state index contributed by atoms with van der Waals surface area (Å²) in [5.74, 6) is 0.909. The number of carbonyl (C=O) groups is 1. The zero-order chi connectivity index (χ0) is 12.3.